The molecule has 1 aromatic carbocycles. The SMILES string of the molecule is Cc1cccc(C)c1CC(=O)C[n+]1cccc(C#N)c1.[Y]. The van der Waals surface area contributed by atoms with Crippen LogP contribution in [-0.4, -0.2) is 5.78 Å². The smallest absolute Gasteiger partial charge is 0.206 e. The van der Waals surface area contributed by atoms with Gasteiger partial charge in [-0.25, -0.2) is 0 Å². The first kappa shape index (κ1) is 17.7. The third-order valence-corrected chi connectivity index (χ3v) is 3.36. The number of Topliss-reactive ketones (excluding diaryl/α,β-unsaturated/α-hetero) is 1. The molecular formula is C17H17N2OY+. The number of aromatic nitrogens is 1. The zero-order valence-corrected chi connectivity index (χ0v) is 15.2. The molecule has 2 aromatic rings. The summed E-state index contributed by atoms with van der Waals surface area (Å²) in [4.78, 5) is 12.2. The number of benzene rings is 1. The molecular weight excluding hydrogens is 337 g/mol. The molecule has 1 heterocycles. The van der Waals surface area contributed by atoms with Crippen LogP contribution in [0.4, 0.5) is 0 Å². The largest absolute Gasteiger partial charge is 0.292 e. The van der Waals surface area contributed by atoms with Gasteiger partial charge < -0.3 is 0 Å². The second-order valence-corrected chi connectivity index (χ2v) is 4.96. The first-order valence-electron chi connectivity index (χ1n) is 6.56. The minimum Gasteiger partial charge on any atom is -0.292 e. The minimum atomic E-state index is 0. The van der Waals surface area contributed by atoms with Crippen LogP contribution in [0.25, 0.3) is 0 Å². The number of pyridine rings is 1. The van der Waals surface area contributed by atoms with E-state index in [0.717, 1.165) is 16.7 Å². The summed E-state index contributed by atoms with van der Waals surface area (Å²) in [5.74, 6) is 0.141. The quantitative estimate of drug-likeness (QED) is 0.791. The molecule has 0 bridgehead atoms. The molecule has 103 valence electrons. The van der Waals surface area contributed by atoms with Crippen molar-refractivity contribution >= 4 is 5.78 Å². The van der Waals surface area contributed by atoms with Gasteiger partial charge in [0.2, 0.25) is 12.3 Å². The van der Waals surface area contributed by atoms with Crippen LogP contribution in [-0.2, 0) is 50.5 Å². The van der Waals surface area contributed by atoms with Gasteiger partial charge in [0, 0.05) is 45.2 Å². The van der Waals surface area contributed by atoms with Crippen LogP contribution in [0, 0.1) is 25.2 Å². The topological polar surface area (TPSA) is 44.7 Å². The van der Waals surface area contributed by atoms with Crippen molar-refractivity contribution in [2.45, 2.75) is 26.8 Å². The summed E-state index contributed by atoms with van der Waals surface area (Å²) in [5.41, 5.74) is 3.96. The first-order chi connectivity index (χ1) is 9.60. The summed E-state index contributed by atoms with van der Waals surface area (Å²) in [6.07, 6.45) is 3.94. The molecule has 0 atom stereocenters. The second-order valence-electron chi connectivity index (χ2n) is 4.96. The molecule has 0 unspecified atom stereocenters. The standard InChI is InChI=1S/C17H17N2O.Y/c1-13-5-3-6-14(2)17(13)9-16(20)12-19-8-4-7-15(10-18)11-19;/h3-8,11H,9,12H2,1-2H3;/q+1;. The van der Waals surface area contributed by atoms with Gasteiger partial charge in [0.1, 0.15) is 11.6 Å². The third kappa shape index (κ3) is 4.84. The molecule has 1 radical (unpaired) electrons. The van der Waals surface area contributed by atoms with Crippen molar-refractivity contribution in [3.8, 4) is 6.07 Å². The maximum atomic E-state index is 12.2. The molecule has 0 saturated carbocycles. The first-order valence-corrected chi connectivity index (χ1v) is 6.56. The van der Waals surface area contributed by atoms with Gasteiger partial charge in [-0.2, -0.15) is 9.83 Å². The fraction of sp³-hybridized carbons (Fsp3) is 0.235. The number of nitrogens with zero attached hydrogens (tertiary/aromatic N) is 2. The predicted octanol–water partition coefficient (Wildman–Crippen LogP) is 2.27. The summed E-state index contributed by atoms with van der Waals surface area (Å²) >= 11 is 0. The molecule has 21 heavy (non-hydrogen) atoms. The van der Waals surface area contributed by atoms with Crippen molar-refractivity contribution in [1.29, 1.82) is 5.26 Å². The van der Waals surface area contributed by atoms with Crippen molar-refractivity contribution in [1.82, 2.24) is 0 Å². The number of carbonyl (C=O) groups is 1. The van der Waals surface area contributed by atoms with Gasteiger partial charge in [0.05, 0.1) is 0 Å². The van der Waals surface area contributed by atoms with E-state index in [1.165, 1.54) is 0 Å². The number of hydrogen-bond acceptors (Lipinski definition) is 2. The molecule has 0 spiro atoms. The minimum absolute atomic E-state index is 0. The number of ketones is 1. The van der Waals surface area contributed by atoms with Gasteiger partial charge in [-0.15, -0.1) is 0 Å². The number of carbonyl (C=O) groups excluding carboxylic acids is 1. The number of rotatable bonds is 4. The van der Waals surface area contributed by atoms with Gasteiger partial charge >= 0.3 is 0 Å². The number of nitriles is 1. The van der Waals surface area contributed by atoms with Gasteiger partial charge in [0.15, 0.2) is 12.4 Å². The van der Waals surface area contributed by atoms with Crippen LogP contribution in [0.5, 0.6) is 0 Å². The molecule has 0 aliphatic rings. The van der Waals surface area contributed by atoms with Crippen LogP contribution in [0.2, 0.25) is 0 Å². The maximum absolute atomic E-state index is 12.2. The predicted molar refractivity (Wildman–Crippen MR) is 76.0 cm³/mol. The Morgan fingerprint density at radius 2 is 1.86 bits per heavy atom. The van der Waals surface area contributed by atoms with Gasteiger partial charge in [-0.05, 0) is 36.6 Å². The number of aryl methyl sites for hydroxylation is 2. The van der Waals surface area contributed by atoms with E-state index < -0.39 is 0 Å². The van der Waals surface area contributed by atoms with E-state index in [0.29, 0.717) is 18.5 Å². The average Bonchev–Trinajstić information content (AvgIpc) is 2.43. The fourth-order valence-corrected chi connectivity index (χ4v) is 2.27. The molecule has 0 aliphatic carbocycles. The third-order valence-electron chi connectivity index (χ3n) is 3.36. The van der Waals surface area contributed by atoms with Crippen molar-refractivity contribution in [3.63, 3.8) is 0 Å². The molecule has 3 nitrogen and oxygen atoms in total. The van der Waals surface area contributed by atoms with E-state index in [1.54, 1.807) is 22.9 Å². The van der Waals surface area contributed by atoms with Crippen molar-refractivity contribution < 1.29 is 42.1 Å². The van der Waals surface area contributed by atoms with E-state index >= 15 is 0 Å². The van der Waals surface area contributed by atoms with E-state index in [4.69, 9.17) is 5.26 Å². The molecule has 0 aliphatic heterocycles. The summed E-state index contributed by atoms with van der Waals surface area (Å²) in [7, 11) is 0. The summed E-state index contributed by atoms with van der Waals surface area (Å²) in [6, 6.07) is 11.6. The van der Waals surface area contributed by atoms with Crippen LogP contribution < -0.4 is 4.57 Å². The molecule has 0 amide bonds. The fourth-order valence-electron chi connectivity index (χ4n) is 2.27. The Kier molecular flexibility index (Phi) is 6.88. The van der Waals surface area contributed by atoms with Gasteiger partial charge in [0.25, 0.3) is 0 Å². The zero-order valence-electron chi connectivity index (χ0n) is 12.3. The summed E-state index contributed by atoms with van der Waals surface area (Å²) in [5, 5.41) is 8.86. The van der Waals surface area contributed by atoms with E-state index in [-0.39, 0.29) is 38.5 Å². The Morgan fingerprint density at radius 1 is 1.19 bits per heavy atom. The maximum Gasteiger partial charge on any atom is 0.206 e. The Labute approximate surface area is 150 Å². The summed E-state index contributed by atoms with van der Waals surface area (Å²) < 4.78 is 1.76. The van der Waals surface area contributed by atoms with Crippen LogP contribution in [0.1, 0.15) is 22.3 Å². The molecule has 0 saturated heterocycles. The molecule has 0 N–H and O–H groups in total. The van der Waals surface area contributed by atoms with Crippen molar-refractivity contribution in [3.05, 3.63) is 65.0 Å². The van der Waals surface area contributed by atoms with Crippen LogP contribution in [0.15, 0.2) is 42.7 Å². The monoisotopic (exact) mass is 354 g/mol. The van der Waals surface area contributed by atoms with E-state index in [2.05, 4.69) is 6.07 Å². The number of hydrogen-bond donors (Lipinski definition) is 0. The molecule has 2 rings (SSSR count). The zero-order chi connectivity index (χ0) is 14.5. The van der Waals surface area contributed by atoms with Crippen molar-refractivity contribution in [2.24, 2.45) is 0 Å². The van der Waals surface area contributed by atoms with Crippen LogP contribution >= 0.6 is 0 Å². The molecule has 4 heteroatoms. The molecule has 0 fully saturated rings. The average molecular weight is 354 g/mol. The van der Waals surface area contributed by atoms with E-state index in [1.807, 2.05) is 38.2 Å². The van der Waals surface area contributed by atoms with Gasteiger partial charge in [-0.1, -0.05) is 18.2 Å². The Bertz CT molecular complexity index is 669. The normalized spacial score (nSPS) is 9.57. The Balaban J connectivity index is 0.00000220. The second kappa shape index (κ2) is 8.17. The Hall–Kier alpha value is -1.37. The van der Waals surface area contributed by atoms with Crippen LogP contribution in [0.3, 0.4) is 0 Å². The van der Waals surface area contributed by atoms with Gasteiger partial charge in [-0.3, -0.25) is 4.79 Å². The van der Waals surface area contributed by atoms with Crippen molar-refractivity contribution in [2.75, 3.05) is 0 Å². The summed E-state index contributed by atoms with van der Waals surface area (Å²) in [6.45, 7) is 4.35. The molecule has 1 aromatic heterocycles. The van der Waals surface area contributed by atoms with E-state index in [9.17, 15) is 4.79 Å². The Morgan fingerprint density at radius 3 is 2.48 bits per heavy atom.